The molecule has 5 heteroatoms. The molecule has 0 spiro atoms. The first-order chi connectivity index (χ1) is 10.6. The highest BCUT2D eigenvalue weighted by atomic mass is 32.2. The second kappa shape index (κ2) is 6.10. The molecule has 0 bridgehead atoms. The molecule has 2 nitrogen and oxygen atoms in total. The Kier molecular flexibility index (Phi) is 4.18. The van der Waals surface area contributed by atoms with Gasteiger partial charge in [0, 0.05) is 5.56 Å². The number of rotatable bonds is 3. The van der Waals surface area contributed by atoms with E-state index in [1.165, 1.54) is 12.1 Å². The monoisotopic (exact) mass is 332 g/mol. The third-order valence-electron chi connectivity index (χ3n) is 3.49. The number of benzene rings is 2. The van der Waals surface area contributed by atoms with Crippen molar-refractivity contribution in [2.45, 2.75) is 4.21 Å². The first-order valence-electron chi connectivity index (χ1n) is 6.72. The van der Waals surface area contributed by atoms with Gasteiger partial charge in [-0.2, -0.15) is 4.57 Å². The van der Waals surface area contributed by atoms with E-state index in [4.69, 9.17) is 4.74 Å². The minimum Gasteiger partial charge on any atom is -0.497 e. The molecule has 0 radical (unpaired) electrons. The Morgan fingerprint density at radius 3 is 2.18 bits per heavy atom. The second-order valence-electron chi connectivity index (χ2n) is 4.86. The van der Waals surface area contributed by atoms with Gasteiger partial charge in [0.15, 0.2) is 0 Å². The van der Waals surface area contributed by atoms with E-state index in [9.17, 15) is 4.39 Å². The molecule has 0 aliphatic heterocycles. The second-order valence-corrected chi connectivity index (χ2v) is 6.60. The Bertz CT molecular complexity index is 795. The fourth-order valence-corrected chi connectivity index (χ4v) is 3.92. The van der Waals surface area contributed by atoms with E-state index >= 15 is 0 Å². The molecule has 0 amide bonds. The predicted molar refractivity (Wildman–Crippen MR) is 90.1 cm³/mol. The van der Waals surface area contributed by atoms with Crippen molar-refractivity contribution in [2.75, 3.05) is 7.11 Å². The molecule has 2 aromatic carbocycles. The van der Waals surface area contributed by atoms with Crippen molar-refractivity contribution in [3.8, 4) is 27.6 Å². The zero-order chi connectivity index (χ0) is 15.7. The average Bonchev–Trinajstić information content (AvgIpc) is 2.83. The molecule has 1 heterocycles. The molecule has 0 unspecified atom stereocenters. The summed E-state index contributed by atoms with van der Waals surface area (Å²) in [6, 6.07) is 14.4. The van der Waals surface area contributed by atoms with Gasteiger partial charge >= 0.3 is 0 Å². The normalized spacial score (nSPS) is 10.7. The summed E-state index contributed by atoms with van der Waals surface area (Å²) >= 11 is 6.19. The molecular weight excluding hydrogens is 317 g/mol. The van der Waals surface area contributed by atoms with Crippen LogP contribution >= 0.6 is 24.0 Å². The number of nitrogens with zero attached hydrogens (tertiary/aromatic N) is 1. The number of thiol groups is 1. The number of thiazole rings is 1. The fourth-order valence-electron chi connectivity index (χ4n) is 2.36. The lowest BCUT2D eigenvalue weighted by molar-refractivity contribution is -0.646. The lowest BCUT2D eigenvalue weighted by atomic mass is 10.1. The highest BCUT2D eigenvalue weighted by molar-refractivity contribution is 7.83. The van der Waals surface area contributed by atoms with Crippen molar-refractivity contribution in [3.63, 3.8) is 0 Å². The van der Waals surface area contributed by atoms with Crippen LogP contribution in [0.5, 0.6) is 5.75 Å². The van der Waals surface area contributed by atoms with Crippen LogP contribution in [-0.4, -0.2) is 7.11 Å². The summed E-state index contributed by atoms with van der Waals surface area (Å²) in [4.78, 5) is 0. The molecule has 0 N–H and O–H groups in total. The first-order valence-corrected chi connectivity index (χ1v) is 7.98. The summed E-state index contributed by atoms with van der Waals surface area (Å²) in [6.45, 7) is 0. The largest absolute Gasteiger partial charge is 0.497 e. The van der Waals surface area contributed by atoms with Crippen molar-refractivity contribution in [1.82, 2.24) is 0 Å². The summed E-state index contributed by atoms with van der Waals surface area (Å²) in [5.74, 6) is 0.588. The number of halogens is 1. The summed E-state index contributed by atoms with van der Waals surface area (Å²) < 4.78 is 21.3. The quantitative estimate of drug-likeness (QED) is 0.556. The molecule has 3 rings (SSSR count). The third kappa shape index (κ3) is 2.74. The van der Waals surface area contributed by atoms with Gasteiger partial charge in [0.05, 0.1) is 12.7 Å². The van der Waals surface area contributed by atoms with Gasteiger partial charge in [-0.1, -0.05) is 11.3 Å². The highest BCUT2D eigenvalue weighted by Crippen LogP contribution is 2.34. The van der Waals surface area contributed by atoms with Gasteiger partial charge in [-0.05, 0) is 48.5 Å². The van der Waals surface area contributed by atoms with Crippen LogP contribution in [0, 0.1) is 5.82 Å². The first kappa shape index (κ1) is 15.1. The van der Waals surface area contributed by atoms with Crippen molar-refractivity contribution in [1.29, 1.82) is 0 Å². The van der Waals surface area contributed by atoms with Crippen LogP contribution < -0.4 is 9.30 Å². The zero-order valence-electron chi connectivity index (χ0n) is 12.2. The molecule has 0 atom stereocenters. The Labute approximate surface area is 138 Å². The van der Waals surface area contributed by atoms with E-state index in [1.54, 1.807) is 30.6 Å². The van der Waals surface area contributed by atoms with E-state index in [0.717, 1.165) is 31.8 Å². The number of ether oxygens (including phenoxy) is 1. The standard InChI is InChI=1S/C17H14FNOS2/c1-19-15(11-3-7-13(18)8-4-11)17(21)22-16(19)12-5-9-14(20-2)10-6-12/h3-10H,1-2H3/p+1. The van der Waals surface area contributed by atoms with Gasteiger partial charge in [0.2, 0.25) is 5.69 Å². The van der Waals surface area contributed by atoms with Crippen molar-refractivity contribution >= 4 is 24.0 Å². The fraction of sp³-hybridized carbons (Fsp3) is 0.118. The minimum atomic E-state index is -0.238. The molecule has 3 aromatic rings. The van der Waals surface area contributed by atoms with Crippen LogP contribution in [0.4, 0.5) is 4.39 Å². The van der Waals surface area contributed by atoms with Gasteiger partial charge in [-0.15, -0.1) is 12.6 Å². The van der Waals surface area contributed by atoms with E-state index < -0.39 is 0 Å². The number of hydrogen-bond acceptors (Lipinski definition) is 3. The minimum absolute atomic E-state index is 0.238. The van der Waals surface area contributed by atoms with Crippen LogP contribution in [0.25, 0.3) is 21.8 Å². The van der Waals surface area contributed by atoms with Gasteiger partial charge in [0.1, 0.15) is 22.8 Å². The van der Waals surface area contributed by atoms with E-state index in [-0.39, 0.29) is 5.82 Å². The van der Waals surface area contributed by atoms with Gasteiger partial charge < -0.3 is 4.74 Å². The lowest BCUT2D eigenvalue weighted by Gasteiger charge is -2.00. The van der Waals surface area contributed by atoms with Crippen LogP contribution in [0.1, 0.15) is 0 Å². The summed E-state index contributed by atoms with van der Waals surface area (Å²) in [5.41, 5.74) is 3.03. The van der Waals surface area contributed by atoms with E-state index in [1.807, 2.05) is 31.3 Å². The van der Waals surface area contributed by atoms with Crippen LogP contribution in [0.2, 0.25) is 0 Å². The number of methoxy groups -OCH3 is 1. The Balaban J connectivity index is 2.07. The van der Waals surface area contributed by atoms with Crippen LogP contribution in [-0.2, 0) is 7.05 Å². The molecule has 0 saturated carbocycles. The Morgan fingerprint density at radius 2 is 1.59 bits per heavy atom. The molecule has 0 saturated heterocycles. The number of hydrogen-bond donors (Lipinski definition) is 1. The molecule has 112 valence electrons. The smallest absolute Gasteiger partial charge is 0.270 e. The Hall–Kier alpha value is -1.85. The van der Waals surface area contributed by atoms with Crippen molar-refractivity contribution in [3.05, 3.63) is 54.3 Å². The summed E-state index contributed by atoms with van der Waals surface area (Å²) in [7, 11) is 3.65. The molecule has 22 heavy (non-hydrogen) atoms. The van der Waals surface area contributed by atoms with Crippen molar-refractivity contribution in [2.24, 2.45) is 7.05 Å². The molecule has 0 aliphatic carbocycles. The van der Waals surface area contributed by atoms with Crippen LogP contribution in [0.15, 0.2) is 52.7 Å². The molecular formula is C17H15FNOS2+. The summed E-state index contributed by atoms with van der Waals surface area (Å²) in [5, 5.41) is 1.09. The Morgan fingerprint density at radius 1 is 1.00 bits per heavy atom. The maximum absolute atomic E-state index is 13.1. The van der Waals surface area contributed by atoms with Crippen LogP contribution in [0.3, 0.4) is 0 Å². The topological polar surface area (TPSA) is 13.1 Å². The maximum Gasteiger partial charge on any atom is 0.270 e. The molecule has 0 fully saturated rings. The SMILES string of the molecule is COc1ccc(-c2sc(S)c(-c3ccc(F)cc3)[n+]2C)cc1. The van der Waals surface area contributed by atoms with Crippen molar-refractivity contribution < 1.29 is 13.7 Å². The van der Waals surface area contributed by atoms with E-state index in [0.29, 0.717) is 0 Å². The predicted octanol–water partition coefficient (Wildman–Crippen LogP) is 4.34. The zero-order valence-corrected chi connectivity index (χ0v) is 13.9. The highest BCUT2D eigenvalue weighted by Gasteiger charge is 2.24. The third-order valence-corrected chi connectivity index (χ3v) is 5.07. The average molecular weight is 332 g/mol. The maximum atomic E-state index is 13.1. The molecule has 1 aromatic heterocycles. The summed E-state index contributed by atoms with van der Waals surface area (Å²) in [6.07, 6.45) is 0. The molecule has 0 aliphatic rings. The lowest BCUT2D eigenvalue weighted by Crippen LogP contribution is -2.30. The van der Waals surface area contributed by atoms with E-state index in [2.05, 4.69) is 17.2 Å². The number of aromatic nitrogens is 1. The van der Waals surface area contributed by atoms with Gasteiger partial charge in [-0.25, -0.2) is 4.39 Å². The van der Waals surface area contributed by atoms with Gasteiger partial charge in [-0.3, -0.25) is 0 Å². The van der Waals surface area contributed by atoms with Gasteiger partial charge in [0.25, 0.3) is 5.01 Å².